The van der Waals surface area contributed by atoms with Crippen LogP contribution in [0.4, 0.5) is 0 Å². The van der Waals surface area contributed by atoms with Gasteiger partial charge in [0.05, 0.1) is 5.69 Å². The second-order valence-electron chi connectivity index (χ2n) is 5.06. The van der Waals surface area contributed by atoms with Crippen molar-refractivity contribution in [1.82, 2.24) is 4.98 Å². The summed E-state index contributed by atoms with van der Waals surface area (Å²) in [5, 5.41) is 1.90. The molecule has 0 saturated carbocycles. The van der Waals surface area contributed by atoms with Crippen molar-refractivity contribution >= 4 is 34.9 Å². The van der Waals surface area contributed by atoms with Gasteiger partial charge in [-0.2, -0.15) is 0 Å². The summed E-state index contributed by atoms with van der Waals surface area (Å²) in [6, 6.07) is 3.75. The van der Waals surface area contributed by atoms with Crippen LogP contribution >= 0.6 is 11.3 Å². The van der Waals surface area contributed by atoms with E-state index in [-0.39, 0.29) is 18.2 Å². The third-order valence-corrected chi connectivity index (χ3v) is 4.18. The average molecular weight is 331 g/mol. The van der Waals surface area contributed by atoms with Gasteiger partial charge in [-0.25, -0.2) is 4.79 Å². The molecule has 0 fully saturated rings. The van der Waals surface area contributed by atoms with Crippen LogP contribution in [-0.2, 0) is 9.53 Å². The van der Waals surface area contributed by atoms with Gasteiger partial charge >= 0.3 is 5.97 Å². The summed E-state index contributed by atoms with van der Waals surface area (Å²) in [4.78, 5) is 39.1. The topological polar surface area (TPSA) is 76.2 Å². The average Bonchev–Trinajstić information content (AvgIpc) is 3.10. The van der Waals surface area contributed by atoms with E-state index >= 15 is 0 Å². The van der Waals surface area contributed by atoms with Crippen LogP contribution in [0, 0.1) is 13.8 Å². The Morgan fingerprint density at radius 3 is 2.61 bits per heavy atom. The Kier molecular flexibility index (Phi) is 5.28. The lowest BCUT2D eigenvalue weighted by Gasteiger charge is -2.01. The number of rotatable bonds is 6. The predicted molar refractivity (Wildman–Crippen MR) is 88.9 cm³/mol. The van der Waals surface area contributed by atoms with Gasteiger partial charge in [0.2, 0.25) is 5.78 Å². The van der Waals surface area contributed by atoms with E-state index in [1.54, 1.807) is 19.9 Å². The highest BCUT2D eigenvalue weighted by molar-refractivity contribution is 7.10. The summed E-state index contributed by atoms with van der Waals surface area (Å²) in [5.41, 5.74) is 2.05. The second-order valence-corrected chi connectivity index (χ2v) is 6.04. The van der Waals surface area contributed by atoms with Crippen molar-refractivity contribution in [2.24, 2.45) is 0 Å². The largest absolute Gasteiger partial charge is 0.454 e. The molecule has 2 heterocycles. The number of Topliss-reactive ketones (excluding diaryl/α,β-unsaturated/α-hetero) is 2. The van der Waals surface area contributed by atoms with Crippen LogP contribution in [0.15, 0.2) is 23.6 Å². The molecule has 120 valence electrons. The molecule has 0 unspecified atom stereocenters. The smallest absolute Gasteiger partial charge is 0.331 e. The highest BCUT2D eigenvalue weighted by atomic mass is 32.1. The lowest BCUT2D eigenvalue weighted by molar-refractivity contribution is -0.136. The van der Waals surface area contributed by atoms with Gasteiger partial charge < -0.3 is 9.72 Å². The Balaban J connectivity index is 1.99. The first-order chi connectivity index (χ1) is 10.9. The van der Waals surface area contributed by atoms with E-state index in [0.717, 1.165) is 4.88 Å². The van der Waals surface area contributed by atoms with E-state index in [2.05, 4.69) is 4.98 Å². The van der Waals surface area contributed by atoms with Crippen LogP contribution < -0.4 is 0 Å². The van der Waals surface area contributed by atoms with Crippen molar-refractivity contribution in [3.8, 4) is 0 Å². The van der Waals surface area contributed by atoms with Gasteiger partial charge in [0.1, 0.15) is 0 Å². The molecule has 0 bridgehead atoms. The van der Waals surface area contributed by atoms with Gasteiger partial charge in [-0.1, -0.05) is 6.07 Å². The summed E-state index contributed by atoms with van der Waals surface area (Å²) in [6.45, 7) is 4.51. The fraction of sp³-hybridized carbons (Fsp3) is 0.235. The van der Waals surface area contributed by atoms with E-state index in [9.17, 15) is 14.4 Å². The molecule has 0 aliphatic carbocycles. The maximum atomic E-state index is 12.1. The number of aromatic amines is 1. The minimum Gasteiger partial charge on any atom is -0.454 e. The minimum absolute atomic E-state index is 0.105. The van der Waals surface area contributed by atoms with Crippen molar-refractivity contribution < 1.29 is 19.1 Å². The summed E-state index contributed by atoms with van der Waals surface area (Å²) in [6.07, 6.45) is 2.92. The first kappa shape index (κ1) is 16.9. The number of aryl methyl sites for hydroxylation is 1. The zero-order valence-corrected chi connectivity index (χ0v) is 14.0. The third kappa shape index (κ3) is 4.04. The second kappa shape index (κ2) is 7.19. The van der Waals surface area contributed by atoms with Crippen LogP contribution in [0.2, 0.25) is 0 Å². The molecule has 0 radical (unpaired) electrons. The van der Waals surface area contributed by atoms with E-state index in [1.807, 2.05) is 17.5 Å². The molecule has 2 rings (SSSR count). The molecular weight excluding hydrogens is 314 g/mol. The Morgan fingerprint density at radius 2 is 2.04 bits per heavy atom. The molecule has 0 aliphatic rings. The fourth-order valence-corrected chi connectivity index (χ4v) is 2.97. The Hall–Kier alpha value is -2.47. The number of hydrogen-bond acceptors (Lipinski definition) is 5. The number of carbonyl (C=O) groups excluding carboxylic acids is 3. The van der Waals surface area contributed by atoms with Crippen LogP contribution in [-0.4, -0.2) is 29.1 Å². The molecule has 2 aromatic heterocycles. The van der Waals surface area contributed by atoms with Crippen molar-refractivity contribution in [2.75, 3.05) is 6.61 Å². The normalized spacial score (nSPS) is 10.9. The number of nitrogens with one attached hydrogen (secondary N) is 1. The van der Waals surface area contributed by atoms with Crippen LogP contribution in [0.25, 0.3) is 6.08 Å². The van der Waals surface area contributed by atoms with E-state index in [1.165, 1.54) is 24.3 Å². The Morgan fingerprint density at radius 1 is 1.30 bits per heavy atom. The molecule has 0 spiro atoms. The Labute approximate surface area is 138 Å². The van der Waals surface area contributed by atoms with Gasteiger partial charge in [-0.05, 0) is 43.9 Å². The van der Waals surface area contributed by atoms with E-state index in [0.29, 0.717) is 22.5 Å². The minimum atomic E-state index is -0.584. The maximum Gasteiger partial charge on any atom is 0.331 e. The SMILES string of the molecule is CC(=O)c1c(C)[nH]c(C(=O)COC(=O)/C=C/c2cccs2)c1C. The van der Waals surface area contributed by atoms with Crippen molar-refractivity contribution in [2.45, 2.75) is 20.8 Å². The number of aromatic nitrogens is 1. The molecule has 2 aromatic rings. The molecule has 0 atom stereocenters. The summed E-state index contributed by atoms with van der Waals surface area (Å²) in [5.74, 6) is -1.05. The molecule has 0 aromatic carbocycles. The van der Waals surface area contributed by atoms with E-state index in [4.69, 9.17) is 4.74 Å². The molecule has 0 amide bonds. The highest BCUT2D eigenvalue weighted by Gasteiger charge is 2.20. The van der Waals surface area contributed by atoms with Gasteiger partial charge in [0.25, 0.3) is 0 Å². The molecule has 0 aliphatic heterocycles. The van der Waals surface area contributed by atoms with Crippen LogP contribution in [0.1, 0.15) is 43.9 Å². The molecule has 5 nitrogen and oxygen atoms in total. The van der Waals surface area contributed by atoms with Crippen molar-refractivity contribution in [3.63, 3.8) is 0 Å². The first-order valence-corrected chi connectivity index (χ1v) is 7.89. The van der Waals surface area contributed by atoms with Gasteiger partial charge in [-0.15, -0.1) is 11.3 Å². The molecule has 6 heteroatoms. The summed E-state index contributed by atoms with van der Waals surface area (Å²) >= 11 is 1.50. The van der Waals surface area contributed by atoms with Gasteiger partial charge in [-0.3, -0.25) is 9.59 Å². The zero-order chi connectivity index (χ0) is 17.0. The lowest BCUT2D eigenvalue weighted by Crippen LogP contribution is -2.14. The highest BCUT2D eigenvalue weighted by Crippen LogP contribution is 2.19. The standard InChI is InChI=1S/C17H17NO4S/c1-10-16(12(3)19)11(2)18-17(10)14(20)9-22-15(21)7-6-13-5-4-8-23-13/h4-8,18H,9H2,1-3H3/b7-6+. The van der Waals surface area contributed by atoms with Gasteiger partial charge in [0.15, 0.2) is 12.4 Å². The van der Waals surface area contributed by atoms with Crippen LogP contribution in [0.3, 0.4) is 0 Å². The summed E-state index contributed by atoms with van der Waals surface area (Å²) < 4.78 is 4.95. The monoisotopic (exact) mass is 331 g/mol. The zero-order valence-electron chi connectivity index (χ0n) is 13.1. The van der Waals surface area contributed by atoms with Crippen molar-refractivity contribution in [3.05, 3.63) is 51.0 Å². The number of H-pyrrole nitrogens is 1. The number of ether oxygens (including phenoxy) is 1. The molecule has 1 N–H and O–H groups in total. The number of thiophene rings is 1. The van der Waals surface area contributed by atoms with Gasteiger partial charge in [0, 0.05) is 22.2 Å². The predicted octanol–water partition coefficient (Wildman–Crippen LogP) is 3.33. The molecular formula is C17H17NO4S. The number of esters is 1. The fourth-order valence-electron chi connectivity index (χ4n) is 2.35. The number of ketones is 2. The third-order valence-electron chi connectivity index (χ3n) is 3.34. The molecule has 0 saturated heterocycles. The van der Waals surface area contributed by atoms with E-state index < -0.39 is 5.97 Å². The maximum absolute atomic E-state index is 12.1. The van der Waals surface area contributed by atoms with Crippen LogP contribution in [0.5, 0.6) is 0 Å². The number of hydrogen-bond donors (Lipinski definition) is 1. The summed E-state index contributed by atoms with van der Waals surface area (Å²) in [7, 11) is 0. The molecule has 23 heavy (non-hydrogen) atoms. The Bertz CT molecular complexity index is 769. The lowest BCUT2D eigenvalue weighted by atomic mass is 10.1. The quantitative estimate of drug-likeness (QED) is 0.500. The number of carbonyl (C=O) groups is 3. The van der Waals surface area contributed by atoms with Crippen molar-refractivity contribution in [1.29, 1.82) is 0 Å². The first-order valence-electron chi connectivity index (χ1n) is 7.01.